The Morgan fingerprint density at radius 2 is 2.18 bits per heavy atom. The number of nitrogens with zero attached hydrogens (tertiary/aromatic N) is 1. The molecule has 0 radical (unpaired) electrons. The summed E-state index contributed by atoms with van der Waals surface area (Å²) in [5.41, 5.74) is 0. The summed E-state index contributed by atoms with van der Waals surface area (Å²) >= 11 is 0. The molecule has 0 heterocycles. The van der Waals surface area contributed by atoms with Crippen LogP contribution in [0.5, 0.6) is 0 Å². The van der Waals surface area contributed by atoms with Crippen molar-refractivity contribution in [1.29, 1.82) is 0 Å². The zero-order valence-electron chi connectivity index (χ0n) is 7.08. The molecule has 0 bridgehead atoms. The number of carboxylic acids is 1. The summed E-state index contributed by atoms with van der Waals surface area (Å²) in [6, 6.07) is 0.515. The van der Waals surface area contributed by atoms with Crippen molar-refractivity contribution in [3.8, 4) is 0 Å². The monoisotopic (exact) mass is 157 g/mol. The number of carbonyl (C=O) groups is 1. The van der Waals surface area contributed by atoms with Crippen LogP contribution in [0.1, 0.15) is 19.8 Å². The van der Waals surface area contributed by atoms with E-state index in [2.05, 4.69) is 11.8 Å². The van der Waals surface area contributed by atoms with Gasteiger partial charge >= 0.3 is 5.97 Å². The highest BCUT2D eigenvalue weighted by atomic mass is 16.4. The van der Waals surface area contributed by atoms with Crippen LogP contribution in [0.2, 0.25) is 0 Å². The summed E-state index contributed by atoms with van der Waals surface area (Å²) in [6.45, 7) is 3.10. The van der Waals surface area contributed by atoms with Gasteiger partial charge < -0.3 is 10.0 Å². The van der Waals surface area contributed by atoms with Gasteiger partial charge in [-0.05, 0) is 26.4 Å². The average Bonchev–Trinajstić information content (AvgIpc) is 1.83. The molecule has 0 aromatic rings. The predicted octanol–water partition coefficient (Wildman–Crippen LogP) is 0.801. The van der Waals surface area contributed by atoms with Crippen LogP contribution in [0.3, 0.4) is 0 Å². The molecule has 0 aromatic carbocycles. The summed E-state index contributed by atoms with van der Waals surface area (Å²) in [6.07, 6.45) is 1.67. The predicted molar refractivity (Wildman–Crippen MR) is 42.5 cm³/mol. The molecule has 1 saturated carbocycles. The summed E-state index contributed by atoms with van der Waals surface area (Å²) in [7, 11) is 2.04. The molecule has 1 fully saturated rings. The highest BCUT2D eigenvalue weighted by molar-refractivity contribution is 5.71. The van der Waals surface area contributed by atoms with Crippen molar-refractivity contribution >= 4 is 5.97 Å². The van der Waals surface area contributed by atoms with Crippen LogP contribution >= 0.6 is 0 Å². The van der Waals surface area contributed by atoms with Crippen molar-refractivity contribution in [3.05, 3.63) is 0 Å². The van der Waals surface area contributed by atoms with E-state index in [4.69, 9.17) is 5.11 Å². The highest BCUT2D eigenvalue weighted by Crippen LogP contribution is 2.30. The topological polar surface area (TPSA) is 40.5 Å². The van der Waals surface area contributed by atoms with E-state index in [9.17, 15) is 4.79 Å². The molecule has 1 aliphatic rings. The molecule has 0 amide bonds. The maximum absolute atomic E-state index is 10.4. The molecule has 3 nitrogen and oxygen atoms in total. The van der Waals surface area contributed by atoms with Crippen LogP contribution in [-0.2, 0) is 4.79 Å². The van der Waals surface area contributed by atoms with E-state index >= 15 is 0 Å². The molecule has 1 N–H and O–H groups in total. The van der Waals surface area contributed by atoms with Crippen molar-refractivity contribution in [3.63, 3.8) is 0 Å². The maximum Gasteiger partial charge on any atom is 0.306 e. The molecule has 1 rings (SSSR count). The number of rotatable bonds is 3. The first-order valence-corrected chi connectivity index (χ1v) is 4.08. The van der Waals surface area contributed by atoms with Gasteiger partial charge in [0.2, 0.25) is 0 Å². The van der Waals surface area contributed by atoms with Gasteiger partial charge in [0.05, 0.1) is 5.92 Å². The largest absolute Gasteiger partial charge is 0.481 e. The van der Waals surface area contributed by atoms with Gasteiger partial charge in [-0.1, -0.05) is 6.92 Å². The first-order valence-electron chi connectivity index (χ1n) is 4.08. The molecular weight excluding hydrogens is 142 g/mol. The fraction of sp³-hybridized carbons (Fsp3) is 0.875. The van der Waals surface area contributed by atoms with Crippen LogP contribution in [-0.4, -0.2) is 35.6 Å². The summed E-state index contributed by atoms with van der Waals surface area (Å²) in [4.78, 5) is 12.6. The normalized spacial score (nSPS) is 30.1. The second kappa shape index (κ2) is 3.22. The molecule has 11 heavy (non-hydrogen) atoms. The lowest BCUT2D eigenvalue weighted by molar-refractivity contribution is -0.146. The Morgan fingerprint density at radius 1 is 1.64 bits per heavy atom. The molecule has 0 spiro atoms. The summed E-state index contributed by atoms with van der Waals surface area (Å²) in [5.74, 6) is -0.709. The third-order valence-electron chi connectivity index (χ3n) is 2.58. The number of aliphatic carboxylic acids is 1. The fourth-order valence-corrected chi connectivity index (χ4v) is 1.41. The number of hydrogen-bond donors (Lipinski definition) is 1. The standard InChI is InChI=1S/C8H15NO2/c1-3-9(2)7-4-6(5-7)8(10)11/h6-7H,3-5H2,1-2H3,(H,10,11). The van der Waals surface area contributed by atoms with Gasteiger partial charge in [-0.2, -0.15) is 0 Å². The van der Waals surface area contributed by atoms with Gasteiger partial charge in [0.15, 0.2) is 0 Å². The van der Waals surface area contributed by atoms with Crippen LogP contribution in [0.25, 0.3) is 0 Å². The van der Waals surface area contributed by atoms with Crippen LogP contribution in [0, 0.1) is 5.92 Å². The zero-order chi connectivity index (χ0) is 8.43. The van der Waals surface area contributed by atoms with E-state index in [1.807, 2.05) is 7.05 Å². The minimum atomic E-state index is -0.634. The van der Waals surface area contributed by atoms with E-state index in [1.54, 1.807) is 0 Å². The van der Waals surface area contributed by atoms with E-state index in [0.29, 0.717) is 6.04 Å². The van der Waals surface area contributed by atoms with Crippen LogP contribution in [0.4, 0.5) is 0 Å². The van der Waals surface area contributed by atoms with E-state index < -0.39 is 5.97 Å². The van der Waals surface area contributed by atoms with E-state index in [-0.39, 0.29) is 5.92 Å². The van der Waals surface area contributed by atoms with Gasteiger partial charge in [-0.3, -0.25) is 4.79 Å². The Hall–Kier alpha value is -0.570. The molecule has 0 atom stereocenters. The molecule has 0 saturated heterocycles. The zero-order valence-corrected chi connectivity index (χ0v) is 7.08. The first kappa shape index (κ1) is 8.53. The minimum Gasteiger partial charge on any atom is -0.481 e. The Kier molecular flexibility index (Phi) is 2.49. The molecule has 64 valence electrons. The number of hydrogen-bond acceptors (Lipinski definition) is 2. The molecule has 1 aliphatic carbocycles. The van der Waals surface area contributed by atoms with Crippen molar-refractivity contribution in [1.82, 2.24) is 4.90 Å². The maximum atomic E-state index is 10.4. The highest BCUT2D eigenvalue weighted by Gasteiger charge is 2.35. The fourth-order valence-electron chi connectivity index (χ4n) is 1.41. The van der Waals surface area contributed by atoms with Crippen molar-refractivity contribution in [2.75, 3.05) is 13.6 Å². The third-order valence-corrected chi connectivity index (χ3v) is 2.58. The Morgan fingerprint density at radius 3 is 2.55 bits per heavy atom. The average molecular weight is 157 g/mol. The SMILES string of the molecule is CCN(C)C1CC(C(=O)O)C1. The minimum absolute atomic E-state index is 0.0750. The van der Waals surface area contributed by atoms with Crippen LogP contribution in [0.15, 0.2) is 0 Å². The Bertz CT molecular complexity index is 152. The number of carboxylic acid groups (broad SMARTS) is 1. The van der Waals surface area contributed by atoms with Crippen molar-refractivity contribution < 1.29 is 9.90 Å². The first-order chi connectivity index (χ1) is 5.15. The van der Waals surface area contributed by atoms with Gasteiger partial charge in [0.1, 0.15) is 0 Å². The van der Waals surface area contributed by atoms with Crippen molar-refractivity contribution in [2.45, 2.75) is 25.8 Å². The summed E-state index contributed by atoms with van der Waals surface area (Å²) < 4.78 is 0. The van der Waals surface area contributed by atoms with Gasteiger partial charge in [0, 0.05) is 6.04 Å². The smallest absolute Gasteiger partial charge is 0.306 e. The molecule has 0 unspecified atom stereocenters. The molecule has 0 aliphatic heterocycles. The summed E-state index contributed by atoms with van der Waals surface area (Å²) in [5, 5.41) is 8.59. The Balaban J connectivity index is 2.23. The molecular formula is C8H15NO2. The van der Waals surface area contributed by atoms with Gasteiger partial charge in [-0.15, -0.1) is 0 Å². The quantitative estimate of drug-likeness (QED) is 0.658. The third kappa shape index (κ3) is 1.71. The van der Waals surface area contributed by atoms with Gasteiger partial charge in [0.25, 0.3) is 0 Å². The second-order valence-corrected chi connectivity index (χ2v) is 3.23. The Labute approximate surface area is 67.0 Å². The van der Waals surface area contributed by atoms with E-state index in [1.165, 1.54) is 0 Å². The lowest BCUT2D eigenvalue weighted by atomic mass is 9.79. The lowest BCUT2D eigenvalue weighted by Gasteiger charge is -2.38. The van der Waals surface area contributed by atoms with Crippen LogP contribution < -0.4 is 0 Å². The molecule has 3 heteroatoms. The van der Waals surface area contributed by atoms with Gasteiger partial charge in [-0.25, -0.2) is 0 Å². The molecule has 0 aromatic heterocycles. The van der Waals surface area contributed by atoms with Crippen molar-refractivity contribution in [2.24, 2.45) is 5.92 Å². The van der Waals surface area contributed by atoms with E-state index in [0.717, 1.165) is 19.4 Å². The second-order valence-electron chi connectivity index (χ2n) is 3.23. The lowest BCUT2D eigenvalue weighted by Crippen LogP contribution is -2.45.